The molecule has 8 heteroatoms. The molecule has 3 aromatic rings. The molecule has 3 aromatic carbocycles. The number of carbonyl (C=O) groups excluding carboxylic acids is 1. The summed E-state index contributed by atoms with van der Waals surface area (Å²) in [7, 11) is -3.59. The molecule has 1 amide bonds. The van der Waals surface area contributed by atoms with Crippen LogP contribution in [0.1, 0.15) is 27.0 Å². The summed E-state index contributed by atoms with van der Waals surface area (Å²) < 4.78 is 26.0. The van der Waals surface area contributed by atoms with E-state index in [1.807, 2.05) is 32.0 Å². The summed E-state index contributed by atoms with van der Waals surface area (Å²) >= 11 is 12.1. The second-order valence-electron chi connectivity index (χ2n) is 7.32. The highest BCUT2D eigenvalue weighted by Gasteiger charge is 2.19. The minimum Gasteiger partial charge on any atom is -0.322 e. The molecule has 0 atom stereocenters. The number of nitrogens with zero attached hydrogens (tertiary/aromatic N) is 1. The van der Waals surface area contributed by atoms with Crippen molar-refractivity contribution < 1.29 is 13.2 Å². The second kappa shape index (κ2) is 9.30. The molecule has 0 aromatic heterocycles. The van der Waals surface area contributed by atoms with Gasteiger partial charge >= 0.3 is 0 Å². The van der Waals surface area contributed by atoms with Crippen LogP contribution in [0.2, 0.25) is 10.0 Å². The third kappa shape index (κ3) is 5.79. The fourth-order valence-corrected chi connectivity index (χ4v) is 4.59. The molecule has 0 spiro atoms. The summed E-state index contributed by atoms with van der Waals surface area (Å²) in [5.41, 5.74) is 4.31. The zero-order valence-electron chi connectivity index (χ0n) is 17.3. The molecule has 0 saturated carbocycles. The van der Waals surface area contributed by atoms with Gasteiger partial charge in [-0.3, -0.25) is 9.10 Å². The molecule has 0 aliphatic rings. The average Bonchev–Trinajstić information content (AvgIpc) is 2.67. The van der Waals surface area contributed by atoms with Crippen molar-refractivity contribution in [2.24, 2.45) is 0 Å². The van der Waals surface area contributed by atoms with Crippen LogP contribution < -0.4 is 9.62 Å². The molecule has 0 aliphatic carbocycles. The van der Waals surface area contributed by atoms with Gasteiger partial charge in [-0.05, 0) is 60.9 Å². The molecule has 0 unspecified atom stereocenters. The van der Waals surface area contributed by atoms with Gasteiger partial charge in [-0.15, -0.1) is 0 Å². The molecular formula is C23H22Cl2N2O3S. The number of rotatable bonds is 6. The number of sulfonamides is 1. The van der Waals surface area contributed by atoms with E-state index in [2.05, 4.69) is 5.32 Å². The number of benzene rings is 3. The molecular weight excluding hydrogens is 455 g/mol. The number of aryl methyl sites for hydroxylation is 2. The van der Waals surface area contributed by atoms with E-state index in [4.69, 9.17) is 23.2 Å². The van der Waals surface area contributed by atoms with Crippen molar-refractivity contribution in [1.29, 1.82) is 0 Å². The molecule has 31 heavy (non-hydrogen) atoms. The van der Waals surface area contributed by atoms with E-state index in [1.54, 1.807) is 36.4 Å². The number of para-hydroxylation sites is 1. The topological polar surface area (TPSA) is 66.5 Å². The van der Waals surface area contributed by atoms with Crippen LogP contribution in [0.15, 0.2) is 60.7 Å². The third-order valence-electron chi connectivity index (χ3n) is 4.80. The Hall–Kier alpha value is -2.54. The fraction of sp³-hybridized carbons (Fsp3) is 0.174. The Labute approximate surface area is 192 Å². The minimum absolute atomic E-state index is 0.0777. The lowest BCUT2D eigenvalue weighted by atomic mass is 10.1. The van der Waals surface area contributed by atoms with E-state index in [0.717, 1.165) is 23.1 Å². The van der Waals surface area contributed by atoms with Gasteiger partial charge < -0.3 is 5.32 Å². The van der Waals surface area contributed by atoms with Gasteiger partial charge in [-0.1, -0.05) is 53.5 Å². The molecule has 0 radical (unpaired) electrons. The van der Waals surface area contributed by atoms with Crippen LogP contribution in [0.25, 0.3) is 0 Å². The Kier molecular flexibility index (Phi) is 6.94. The van der Waals surface area contributed by atoms with Crippen LogP contribution in [0, 0.1) is 13.8 Å². The summed E-state index contributed by atoms with van der Waals surface area (Å²) in [4.78, 5) is 12.7. The molecule has 0 bridgehead atoms. The molecule has 0 saturated heterocycles. The zero-order chi connectivity index (χ0) is 22.8. The minimum atomic E-state index is -3.59. The van der Waals surface area contributed by atoms with E-state index in [-0.39, 0.29) is 12.5 Å². The first-order chi connectivity index (χ1) is 14.5. The number of nitrogens with one attached hydrogen (secondary N) is 1. The van der Waals surface area contributed by atoms with Gasteiger partial charge in [0, 0.05) is 21.3 Å². The Morgan fingerprint density at radius 1 is 0.935 bits per heavy atom. The van der Waals surface area contributed by atoms with Gasteiger partial charge in [-0.25, -0.2) is 8.42 Å². The van der Waals surface area contributed by atoms with Gasteiger partial charge in [-0.2, -0.15) is 0 Å². The summed E-state index contributed by atoms with van der Waals surface area (Å²) in [5.74, 6) is -0.231. The highest BCUT2D eigenvalue weighted by Crippen LogP contribution is 2.28. The molecule has 0 heterocycles. The van der Waals surface area contributed by atoms with Crippen LogP contribution in [-0.2, 0) is 16.6 Å². The van der Waals surface area contributed by atoms with Crippen LogP contribution >= 0.6 is 23.2 Å². The van der Waals surface area contributed by atoms with Gasteiger partial charge in [0.2, 0.25) is 10.0 Å². The first-order valence-electron chi connectivity index (χ1n) is 9.45. The maximum atomic E-state index is 12.7. The lowest BCUT2D eigenvalue weighted by molar-refractivity contribution is 0.102. The first-order valence-corrected chi connectivity index (χ1v) is 12.1. The van der Waals surface area contributed by atoms with Crippen LogP contribution in [-0.4, -0.2) is 20.6 Å². The monoisotopic (exact) mass is 476 g/mol. The smallest absolute Gasteiger partial charge is 0.255 e. The number of carbonyl (C=O) groups is 1. The quantitative estimate of drug-likeness (QED) is 0.486. The van der Waals surface area contributed by atoms with Gasteiger partial charge in [0.25, 0.3) is 5.91 Å². The fourth-order valence-electron chi connectivity index (χ4n) is 3.21. The molecule has 0 fully saturated rings. The highest BCUT2D eigenvalue weighted by molar-refractivity contribution is 7.92. The Balaban J connectivity index is 1.82. The maximum Gasteiger partial charge on any atom is 0.255 e. The van der Waals surface area contributed by atoms with Crippen molar-refractivity contribution in [3.8, 4) is 0 Å². The van der Waals surface area contributed by atoms with Crippen molar-refractivity contribution in [3.05, 3.63) is 93.0 Å². The first kappa shape index (κ1) is 23.1. The predicted octanol–water partition coefficient (Wildman–Crippen LogP) is 5.83. The van der Waals surface area contributed by atoms with E-state index in [9.17, 15) is 13.2 Å². The summed E-state index contributed by atoms with van der Waals surface area (Å²) in [6.07, 6.45) is 1.12. The van der Waals surface area contributed by atoms with E-state index in [1.165, 1.54) is 10.4 Å². The number of halogens is 2. The van der Waals surface area contributed by atoms with E-state index in [0.29, 0.717) is 26.9 Å². The normalized spacial score (nSPS) is 11.3. The largest absolute Gasteiger partial charge is 0.322 e. The van der Waals surface area contributed by atoms with Crippen LogP contribution in [0.4, 0.5) is 11.4 Å². The van der Waals surface area contributed by atoms with Crippen molar-refractivity contribution in [2.45, 2.75) is 20.4 Å². The molecule has 0 aliphatic heterocycles. The lowest BCUT2D eigenvalue weighted by Crippen LogP contribution is -2.29. The van der Waals surface area contributed by atoms with E-state index < -0.39 is 10.0 Å². The Morgan fingerprint density at radius 2 is 1.48 bits per heavy atom. The number of anilines is 2. The SMILES string of the molecule is Cc1cccc(C)c1NC(=O)c1ccc(CN(c2cc(Cl)cc(Cl)c2)S(C)(=O)=O)cc1. The molecule has 1 N–H and O–H groups in total. The summed E-state index contributed by atoms with van der Waals surface area (Å²) in [6.45, 7) is 3.95. The van der Waals surface area contributed by atoms with Crippen LogP contribution in [0.3, 0.4) is 0 Å². The molecule has 3 rings (SSSR count). The summed E-state index contributed by atoms with van der Waals surface area (Å²) in [5, 5.41) is 3.63. The van der Waals surface area contributed by atoms with Gasteiger partial charge in [0.05, 0.1) is 18.5 Å². The number of amides is 1. The standard InChI is InChI=1S/C23H22Cl2N2O3S/c1-15-5-4-6-16(2)22(15)26-23(28)18-9-7-17(8-10-18)14-27(31(3,29)30)21-12-19(24)11-20(25)13-21/h4-13H,14H2,1-3H3,(H,26,28). The number of hydrogen-bond donors (Lipinski definition) is 1. The van der Waals surface area contributed by atoms with E-state index >= 15 is 0 Å². The van der Waals surface area contributed by atoms with Crippen molar-refractivity contribution in [2.75, 3.05) is 15.9 Å². The highest BCUT2D eigenvalue weighted by atomic mass is 35.5. The van der Waals surface area contributed by atoms with Crippen molar-refractivity contribution in [1.82, 2.24) is 0 Å². The Morgan fingerprint density at radius 3 is 2.00 bits per heavy atom. The zero-order valence-corrected chi connectivity index (χ0v) is 19.6. The third-order valence-corrected chi connectivity index (χ3v) is 6.37. The number of hydrogen-bond acceptors (Lipinski definition) is 3. The molecule has 5 nitrogen and oxygen atoms in total. The summed E-state index contributed by atoms with van der Waals surface area (Å²) in [6, 6.07) is 17.2. The Bertz CT molecular complexity index is 1190. The lowest BCUT2D eigenvalue weighted by Gasteiger charge is -2.23. The molecule has 162 valence electrons. The van der Waals surface area contributed by atoms with Gasteiger partial charge in [0.15, 0.2) is 0 Å². The van der Waals surface area contributed by atoms with Crippen molar-refractivity contribution in [3.63, 3.8) is 0 Å². The second-order valence-corrected chi connectivity index (χ2v) is 10.1. The average molecular weight is 477 g/mol. The van der Waals surface area contributed by atoms with Crippen molar-refractivity contribution >= 4 is 50.5 Å². The maximum absolute atomic E-state index is 12.7. The predicted molar refractivity (Wildman–Crippen MR) is 128 cm³/mol. The van der Waals surface area contributed by atoms with Crippen LogP contribution in [0.5, 0.6) is 0 Å². The van der Waals surface area contributed by atoms with Gasteiger partial charge in [0.1, 0.15) is 0 Å².